The summed E-state index contributed by atoms with van der Waals surface area (Å²) in [5, 5.41) is 13.7. The van der Waals surface area contributed by atoms with Crippen molar-refractivity contribution < 1.29 is 9.90 Å². The molecule has 4 nitrogen and oxygen atoms in total. The first-order valence-corrected chi connectivity index (χ1v) is 3.66. The van der Waals surface area contributed by atoms with Crippen LogP contribution >= 0.6 is 0 Å². The van der Waals surface area contributed by atoms with Crippen molar-refractivity contribution in [2.75, 3.05) is 13.1 Å². The Bertz CT molecular complexity index is 168. The lowest BCUT2D eigenvalue weighted by atomic mass is 10.0. The van der Waals surface area contributed by atoms with Gasteiger partial charge in [0.1, 0.15) is 0 Å². The number of hydrogen-bond donors (Lipinski definition) is 3. The van der Waals surface area contributed by atoms with Crippen LogP contribution in [0.2, 0.25) is 0 Å². The Labute approximate surface area is 65.3 Å². The average Bonchev–Trinajstić information content (AvgIpc) is 2.03. The molecule has 1 rings (SSSR count). The molecular formula is C7H12N2O2. The minimum absolute atomic E-state index is 0.354. The summed E-state index contributed by atoms with van der Waals surface area (Å²) in [7, 11) is 0. The van der Waals surface area contributed by atoms with Crippen LogP contribution in [0.4, 0.5) is 4.79 Å². The van der Waals surface area contributed by atoms with Gasteiger partial charge < -0.3 is 15.7 Å². The highest BCUT2D eigenvalue weighted by Crippen LogP contribution is 2.05. The van der Waals surface area contributed by atoms with Gasteiger partial charge in [-0.05, 0) is 18.5 Å². The fraction of sp³-hybridized carbons (Fsp3) is 0.571. The summed E-state index contributed by atoms with van der Waals surface area (Å²) < 4.78 is 0. The number of rotatable bonds is 2. The highest BCUT2D eigenvalue weighted by molar-refractivity contribution is 5.64. The molecule has 0 aromatic rings. The van der Waals surface area contributed by atoms with Gasteiger partial charge in [-0.25, -0.2) is 4.79 Å². The summed E-state index contributed by atoms with van der Waals surface area (Å²) in [5.74, 6) is 0.354. The standard InChI is InChI=1S/C7H12N2O2/c10-7(11)9-5-6-1-3-8-4-2-6/h1,3,6,8-9H,2,4-5H2,(H,10,11). The smallest absolute Gasteiger partial charge is 0.404 e. The van der Waals surface area contributed by atoms with E-state index in [9.17, 15) is 4.79 Å². The Kier molecular flexibility index (Phi) is 2.77. The fourth-order valence-corrected chi connectivity index (χ4v) is 1.04. The van der Waals surface area contributed by atoms with Crippen LogP contribution < -0.4 is 10.6 Å². The van der Waals surface area contributed by atoms with E-state index >= 15 is 0 Å². The van der Waals surface area contributed by atoms with Crippen LogP contribution in [0.5, 0.6) is 0 Å². The average molecular weight is 156 g/mol. The molecule has 0 aliphatic carbocycles. The van der Waals surface area contributed by atoms with Crippen molar-refractivity contribution in [3.05, 3.63) is 12.3 Å². The number of nitrogens with one attached hydrogen (secondary N) is 2. The Morgan fingerprint density at radius 2 is 2.64 bits per heavy atom. The molecule has 0 fully saturated rings. The first-order chi connectivity index (χ1) is 5.29. The zero-order valence-corrected chi connectivity index (χ0v) is 6.21. The molecule has 3 N–H and O–H groups in total. The molecule has 1 unspecified atom stereocenters. The number of carbonyl (C=O) groups is 1. The molecule has 0 aromatic heterocycles. The van der Waals surface area contributed by atoms with Crippen molar-refractivity contribution in [3.63, 3.8) is 0 Å². The van der Waals surface area contributed by atoms with E-state index < -0.39 is 6.09 Å². The third-order valence-corrected chi connectivity index (χ3v) is 1.66. The molecule has 1 aliphatic heterocycles. The summed E-state index contributed by atoms with van der Waals surface area (Å²) >= 11 is 0. The largest absolute Gasteiger partial charge is 0.465 e. The molecule has 0 saturated carbocycles. The number of carboxylic acid groups (broad SMARTS) is 1. The quantitative estimate of drug-likeness (QED) is 0.541. The second-order valence-corrected chi connectivity index (χ2v) is 2.55. The van der Waals surface area contributed by atoms with Crippen LogP contribution in [-0.4, -0.2) is 24.3 Å². The molecule has 1 amide bonds. The van der Waals surface area contributed by atoms with E-state index in [2.05, 4.69) is 10.6 Å². The highest BCUT2D eigenvalue weighted by Gasteiger charge is 2.08. The molecule has 11 heavy (non-hydrogen) atoms. The molecule has 0 bridgehead atoms. The van der Waals surface area contributed by atoms with Gasteiger partial charge in [0.2, 0.25) is 0 Å². The highest BCUT2D eigenvalue weighted by atomic mass is 16.4. The van der Waals surface area contributed by atoms with E-state index in [-0.39, 0.29) is 0 Å². The maximum Gasteiger partial charge on any atom is 0.404 e. The van der Waals surface area contributed by atoms with Gasteiger partial charge >= 0.3 is 6.09 Å². The van der Waals surface area contributed by atoms with E-state index in [1.54, 1.807) is 0 Å². The Morgan fingerprint density at radius 3 is 3.18 bits per heavy atom. The molecule has 0 spiro atoms. The van der Waals surface area contributed by atoms with E-state index in [1.165, 1.54) is 0 Å². The molecule has 0 aromatic carbocycles. The zero-order valence-electron chi connectivity index (χ0n) is 6.21. The zero-order chi connectivity index (χ0) is 8.10. The van der Waals surface area contributed by atoms with Crippen molar-refractivity contribution in [2.45, 2.75) is 6.42 Å². The molecule has 0 radical (unpaired) electrons. The summed E-state index contributed by atoms with van der Waals surface area (Å²) in [5.41, 5.74) is 0. The molecule has 1 heterocycles. The predicted molar refractivity (Wildman–Crippen MR) is 41.3 cm³/mol. The third kappa shape index (κ3) is 2.93. The van der Waals surface area contributed by atoms with Crippen LogP contribution in [0, 0.1) is 5.92 Å². The Morgan fingerprint density at radius 1 is 1.82 bits per heavy atom. The van der Waals surface area contributed by atoms with Gasteiger partial charge in [-0.2, -0.15) is 0 Å². The lowest BCUT2D eigenvalue weighted by Crippen LogP contribution is -2.30. The second kappa shape index (κ2) is 3.85. The van der Waals surface area contributed by atoms with Crippen molar-refractivity contribution in [1.29, 1.82) is 0 Å². The van der Waals surface area contributed by atoms with E-state index in [1.807, 2.05) is 12.3 Å². The first-order valence-electron chi connectivity index (χ1n) is 3.66. The van der Waals surface area contributed by atoms with Crippen LogP contribution in [0.25, 0.3) is 0 Å². The van der Waals surface area contributed by atoms with Crippen LogP contribution in [0.15, 0.2) is 12.3 Å². The van der Waals surface area contributed by atoms with E-state index in [0.29, 0.717) is 12.5 Å². The van der Waals surface area contributed by atoms with Gasteiger partial charge in [-0.15, -0.1) is 0 Å². The normalized spacial score (nSPS) is 22.4. The first kappa shape index (κ1) is 7.91. The summed E-state index contributed by atoms with van der Waals surface area (Å²) in [6.07, 6.45) is 3.91. The molecular weight excluding hydrogens is 144 g/mol. The minimum atomic E-state index is -0.947. The van der Waals surface area contributed by atoms with Gasteiger partial charge in [0.15, 0.2) is 0 Å². The van der Waals surface area contributed by atoms with Crippen LogP contribution in [0.3, 0.4) is 0 Å². The van der Waals surface area contributed by atoms with Gasteiger partial charge in [0.25, 0.3) is 0 Å². The molecule has 0 saturated heterocycles. The molecule has 1 aliphatic rings. The summed E-state index contributed by atoms with van der Waals surface area (Å²) in [6, 6.07) is 0. The SMILES string of the molecule is O=C(O)NCC1C=CNCC1. The summed E-state index contributed by atoms with van der Waals surface area (Å²) in [4.78, 5) is 10.1. The third-order valence-electron chi connectivity index (χ3n) is 1.66. The molecule has 4 heteroatoms. The maximum atomic E-state index is 10.1. The second-order valence-electron chi connectivity index (χ2n) is 2.55. The van der Waals surface area contributed by atoms with Gasteiger partial charge in [-0.3, -0.25) is 0 Å². The molecule has 62 valence electrons. The van der Waals surface area contributed by atoms with Crippen molar-refractivity contribution in [1.82, 2.24) is 10.6 Å². The summed E-state index contributed by atoms with van der Waals surface area (Å²) in [6.45, 7) is 1.45. The van der Waals surface area contributed by atoms with Gasteiger partial charge in [0, 0.05) is 13.1 Å². The minimum Gasteiger partial charge on any atom is -0.465 e. The Hall–Kier alpha value is -1.19. The van der Waals surface area contributed by atoms with Crippen molar-refractivity contribution in [2.24, 2.45) is 5.92 Å². The lowest BCUT2D eigenvalue weighted by molar-refractivity contribution is 0.193. The fourth-order valence-electron chi connectivity index (χ4n) is 1.04. The Balaban J connectivity index is 2.20. The van der Waals surface area contributed by atoms with Crippen LogP contribution in [-0.2, 0) is 0 Å². The lowest BCUT2D eigenvalue weighted by Gasteiger charge is -2.16. The predicted octanol–water partition coefficient (Wildman–Crippen LogP) is 0.377. The number of hydrogen-bond acceptors (Lipinski definition) is 2. The van der Waals surface area contributed by atoms with Gasteiger partial charge in [0.05, 0.1) is 0 Å². The van der Waals surface area contributed by atoms with E-state index in [0.717, 1.165) is 13.0 Å². The van der Waals surface area contributed by atoms with Crippen molar-refractivity contribution >= 4 is 6.09 Å². The van der Waals surface area contributed by atoms with Crippen LogP contribution in [0.1, 0.15) is 6.42 Å². The maximum absolute atomic E-state index is 10.1. The topological polar surface area (TPSA) is 61.4 Å². The molecule has 1 atom stereocenters. The van der Waals surface area contributed by atoms with Gasteiger partial charge in [-0.1, -0.05) is 6.08 Å². The monoisotopic (exact) mass is 156 g/mol. The van der Waals surface area contributed by atoms with Crippen molar-refractivity contribution in [3.8, 4) is 0 Å². The van der Waals surface area contributed by atoms with E-state index in [4.69, 9.17) is 5.11 Å². The number of amides is 1.